The van der Waals surface area contributed by atoms with Gasteiger partial charge in [0.2, 0.25) is 5.91 Å². The number of nitrogens with two attached hydrogens (primary N) is 1. The summed E-state index contributed by atoms with van der Waals surface area (Å²) >= 11 is 0. The van der Waals surface area contributed by atoms with E-state index in [2.05, 4.69) is 9.88 Å². The zero-order chi connectivity index (χ0) is 13.5. The van der Waals surface area contributed by atoms with Crippen LogP contribution in [0.25, 0.3) is 0 Å². The van der Waals surface area contributed by atoms with E-state index in [1.165, 1.54) is 0 Å². The van der Waals surface area contributed by atoms with Gasteiger partial charge in [0.15, 0.2) is 0 Å². The van der Waals surface area contributed by atoms with E-state index in [1.54, 1.807) is 25.2 Å². The van der Waals surface area contributed by atoms with E-state index in [-0.39, 0.29) is 11.9 Å². The lowest BCUT2D eigenvalue weighted by molar-refractivity contribution is -0.129. The van der Waals surface area contributed by atoms with Crippen molar-refractivity contribution in [3.63, 3.8) is 0 Å². The zero-order valence-corrected chi connectivity index (χ0v) is 11.3. The summed E-state index contributed by atoms with van der Waals surface area (Å²) in [4.78, 5) is 19.5. The van der Waals surface area contributed by atoms with Gasteiger partial charge in [0, 0.05) is 52.0 Å². The summed E-state index contributed by atoms with van der Waals surface area (Å²) in [5.41, 5.74) is 6.87. The smallest absolute Gasteiger partial charge is 0.223 e. The maximum absolute atomic E-state index is 11.7. The Hall–Kier alpha value is -1.46. The summed E-state index contributed by atoms with van der Waals surface area (Å²) in [7, 11) is 5.50. The molecule has 0 bridgehead atoms. The molecule has 0 saturated carbocycles. The first-order valence-electron chi connectivity index (χ1n) is 6.04. The van der Waals surface area contributed by atoms with Gasteiger partial charge in [-0.25, -0.2) is 0 Å². The molecule has 0 aromatic carbocycles. The molecule has 1 heterocycles. The molecule has 2 N–H and O–H groups in total. The van der Waals surface area contributed by atoms with Crippen molar-refractivity contribution in [1.82, 2.24) is 14.8 Å². The number of rotatable bonds is 6. The molecule has 0 aliphatic rings. The third-order valence-corrected chi connectivity index (χ3v) is 2.96. The van der Waals surface area contributed by atoms with Crippen molar-refractivity contribution >= 4 is 5.91 Å². The Morgan fingerprint density at radius 3 is 2.67 bits per heavy atom. The number of aromatic nitrogens is 1. The molecule has 5 nitrogen and oxygen atoms in total. The molecule has 1 unspecified atom stereocenters. The number of nitrogens with zero attached hydrogens (tertiary/aromatic N) is 3. The quantitative estimate of drug-likeness (QED) is 0.790. The number of carbonyl (C=O) groups is 1. The van der Waals surface area contributed by atoms with Gasteiger partial charge in [0.1, 0.15) is 0 Å². The van der Waals surface area contributed by atoms with Crippen LogP contribution in [-0.4, -0.2) is 54.4 Å². The van der Waals surface area contributed by atoms with Crippen LogP contribution in [0.5, 0.6) is 0 Å². The predicted octanol–water partition coefficient (Wildman–Crippen LogP) is 0.319. The van der Waals surface area contributed by atoms with Crippen LogP contribution >= 0.6 is 0 Å². The highest BCUT2D eigenvalue weighted by Crippen LogP contribution is 2.08. The van der Waals surface area contributed by atoms with E-state index in [1.807, 2.05) is 25.4 Å². The van der Waals surface area contributed by atoms with E-state index in [0.717, 1.165) is 12.1 Å². The third-order valence-electron chi connectivity index (χ3n) is 2.96. The van der Waals surface area contributed by atoms with Crippen LogP contribution < -0.4 is 5.73 Å². The van der Waals surface area contributed by atoms with Crippen molar-refractivity contribution < 1.29 is 4.79 Å². The molecule has 0 aliphatic carbocycles. The van der Waals surface area contributed by atoms with E-state index >= 15 is 0 Å². The Bertz CT molecular complexity index is 367. The molecule has 0 saturated heterocycles. The lowest BCUT2D eigenvalue weighted by atomic mass is 10.1. The molecule has 1 aromatic rings. The van der Waals surface area contributed by atoms with Crippen LogP contribution in [0.2, 0.25) is 0 Å². The average Bonchev–Trinajstić information content (AvgIpc) is 2.36. The third kappa shape index (κ3) is 4.43. The molecule has 0 radical (unpaired) electrons. The van der Waals surface area contributed by atoms with Crippen molar-refractivity contribution in [2.45, 2.75) is 19.0 Å². The molecule has 1 rings (SSSR count). The highest BCUT2D eigenvalue weighted by molar-refractivity contribution is 5.76. The van der Waals surface area contributed by atoms with Crippen LogP contribution in [0.3, 0.4) is 0 Å². The Labute approximate surface area is 109 Å². The number of carbonyl (C=O) groups excluding carboxylic acids is 1. The zero-order valence-electron chi connectivity index (χ0n) is 11.3. The van der Waals surface area contributed by atoms with Crippen molar-refractivity contribution in [3.05, 3.63) is 30.1 Å². The normalized spacial score (nSPS) is 12.5. The second-order valence-corrected chi connectivity index (χ2v) is 4.66. The van der Waals surface area contributed by atoms with Gasteiger partial charge < -0.3 is 10.6 Å². The molecule has 100 valence electrons. The minimum absolute atomic E-state index is 0.0557. The number of hydrogen-bond acceptors (Lipinski definition) is 4. The van der Waals surface area contributed by atoms with Gasteiger partial charge >= 0.3 is 0 Å². The molecular formula is C13H22N4O. The van der Waals surface area contributed by atoms with Crippen molar-refractivity contribution in [1.29, 1.82) is 0 Å². The summed E-state index contributed by atoms with van der Waals surface area (Å²) < 4.78 is 0. The minimum atomic E-state index is 0.0557. The minimum Gasteiger partial charge on any atom is -0.349 e. The maximum Gasteiger partial charge on any atom is 0.223 e. The van der Waals surface area contributed by atoms with E-state index < -0.39 is 0 Å². The number of amides is 1. The van der Waals surface area contributed by atoms with Crippen LogP contribution in [-0.2, 0) is 11.3 Å². The largest absolute Gasteiger partial charge is 0.349 e. The van der Waals surface area contributed by atoms with Crippen LogP contribution in [0.4, 0.5) is 0 Å². The first kappa shape index (κ1) is 14.6. The Kier molecular flexibility index (Phi) is 5.74. The van der Waals surface area contributed by atoms with Crippen LogP contribution in [0.1, 0.15) is 12.0 Å². The highest BCUT2D eigenvalue weighted by atomic mass is 16.2. The number of likely N-dealkylation sites (N-methyl/N-ethyl adjacent to an activating group) is 1. The van der Waals surface area contributed by atoms with Crippen LogP contribution in [0.15, 0.2) is 24.5 Å². The molecule has 0 aliphatic heterocycles. The van der Waals surface area contributed by atoms with Gasteiger partial charge in [-0.3, -0.25) is 14.7 Å². The van der Waals surface area contributed by atoms with Gasteiger partial charge in [-0.1, -0.05) is 6.07 Å². The van der Waals surface area contributed by atoms with Crippen molar-refractivity contribution in [3.8, 4) is 0 Å². The summed E-state index contributed by atoms with van der Waals surface area (Å²) in [6, 6.07) is 3.98. The molecule has 0 fully saturated rings. The maximum atomic E-state index is 11.7. The van der Waals surface area contributed by atoms with Gasteiger partial charge in [0.25, 0.3) is 0 Å². The SMILES string of the molecule is CN(C)C(=O)CC(CN)N(C)Cc1cccnc1. The molecule has 5 heteroatoms. The van der Waals surface area contributed by atoms with Crippen molar-refractivity contribution in [2.75, 3.05) is 27.7 Å². The van der Waals surface area contributed by atoms with E-state index in [9.17, 15) is 4.79 Å². The second kappa shape index (κ2) is 7.08. The van der Waals surface area contributed by atoms with Crippen molar-refractivity contribution in [2.24, 2.45) is 5.73 Å². The number of hydrogen-bond donors (Lipinski definition) is 1. The van der Waals surface area contributed by atoms with Crippen LogP contribution in [0, 0.1) is 0 Å². The fourth-order valence-electron chi connectivity index (χ4n) is 1.71. The first-order chi connectivity index (χ1) is 8.54. The Morgan fingerprint density at radius 2 is 2.17 bits per heavy atom. The van der Waals surface area contributed by atoms with Gasteiger partial charge in [-0.15, -0.1) is 0 Å². The fourth-order valence-corrected chi connectivity index (χ4v) is 1.71. The number of pyridine rings is 1. The summed E-state index contributed by atoms with van der Waals surface area (Å²) in [5, 5.41) is 0. The van der Waals surface area contributed by atoms with E-state index in [0.29, 0.717) is 13.0 Å². The summed E-state index contributed by atoms with van der Waals surface area (Å²) in [6.45, 7) is 1.22. The highest BCUT2D eigenvalue weighted by Gasteiger charge is 2.18. The molecule has 1 atom stereocenters. The predicted molar refractivity (Wildman–Crippen MR) is 71.9 cm³/mol. The molecule has 1 amide bonds. The topological polar surface area (TPSA) is 62.5 Å². The first-order valence-corrected chi connectivity index (χ1v) is 6.04. The fraction of sp³-hybridized carbons (Fsp3) is 0.538. The summed E-state index contributed by atoms with van der Waals surface area (Å²) in [6.07, 6.45) is 4.03. The molecular weight excluding hydrogens is 228 g/mol. The lowest BCUT2D eigenvalue weighted by Crippen LogP contribution is -2.41. The second-order valence-electron chi connectivity index (χ2n) is 4.66. The average molecular weight is 250 g/mol. The van der Waals surface area contributed by atoms with E-state index in [4.69, 9.17) is 5.73 Å². The van der Waals surface area contributed by atoms with Gasteiger partial charge in [0.05, 0.1) is 0 Å². The molecule has 1 aromatic heterocycles. The Morgan fingerprint density at radius 1 is 1.44 bits per heavy atom. The monoisotopic (exact) mass is 250 g/mol. The lowest BCUT2D eigenvalue weighted by Gasteiger charge is -2.27. The van der Waals surface area contributed by atoms with Gasteiger partial charge in [-0.2, -0.15) is 0 Å². The molecule has 0 spiro atoms. The molecule has 18 heavy (non-hydrogen) atoms. The summed E-state index contributed by atoms with van der Waals surface area (Å²) in [5.74, 6) is 0.100. The Balaban J connectivity index is 2.57. The van der Waals surface area contributed by atoms with Gasteiger partial charge in [-0.05, 0) is 18.7 Å². The standard InChI is InChI=1S/C13H22N4O/c1-16(2)13(18)7-12(8-14)17(3)10-11-5-4-6-15-9-11/h4-6,9,12H,7-8,10,14H2,1-3H3.